The Bertz CT molecular complexity index is 633. The number of aromatic nitrogens is 3. The molecule has 0 saturated carbocycles. The summed E-state index contributed by atoms with van der Waals surface area (Å²) in [5, 5.41) is 15.6. The minimum absolute atomic E-state index is 0.271. The summed E-state index contributed by atoms with van der Waals surface area (Å²) in [7, 11) is 0. The van der Waals surface area contributed by atoms with Gasteiger partial charge >= 0.3 is 5.97 Å². The first-order valence-electron chi connectivity index (χ1n) is 6.37. The Labute approximate surface area is 121 Å². The molecule has 0 spiro atoms. The molecule has 2 N–H and O–H groups in total. The first kappa shape index (κ1) is 14.7. The maximum Gasteiger partial charge on any atom is 0.318 e. The van der Waals surface area contributed by atoms with E-state index in [1.807, 2.05) is 24.3 Å². The third-order valence-electron chi connectivity index (χ3n) is 3.18. The van der Waals surface area contributed by atoms with E-state index in [2.05, 4.69) is 15.4 Å². The molecule has 0 aliphatic carbocycles. The van der Waals surface area contributed by atoms with Gasteiger partial charge in [-0.15, -0.1) is 0 Å². The number of nitrogens with one attached hydrogen (secondary N) is 1. The Morgan fingerprint density at radius 3 is 2.48 bits per heavy atom. The normalized spacial score (nSPS) is 11.1. The lowest BCUT2D eigenvalue weighted by atomic mass is 9.92. The van der Waals surface area contributed by atoms with E-state index >= 15 is 0 Å². The van der Waals surface area contributed by atoms with Gasteiger partial charge < -0.3 is 10.4 Å². The van der Waals surface area contributed by atoms with E-state index in [1.165, 1.54) is 20.2 Å². The molecule has 21 heavy (non-hydrogen) atoms. The lowest BCUT2D eigenvalue weighted by Crippen LogP contribution is -2.41. The summed E-state index contributed by atoms with van der Waals surface area (Å²) in [6, 6.07) is 7.37. The van der Waals surface area contributed by atoms with Crippen molar-refractivity contribution in [3.05, 3.63) is 42.5 Å². The molecule has 0 bridgehead atoms. The number of carboxylic acids is 1. The van der Waals surface area contributed by atoms with Crippen LogP contribution in [0.2, 0.25) is 0 Å². The Morgan fingerprint density at radius 2 is 1.95 bits per heavy atom. The number of rotatable bonds is 5. The van der Waals surface area contributed by atoms with Crippen molar-refractivity contribution in [1.82, 2.24) is 20.1 Å². The first-order chi connectivity index (χ1) is 9.91. The van der Waals surface area contributed by atoms with Gasteiger partial charge in [-0.2, -0.15) is 5.10 Å². The highest BCUT2D eigenvalue weighted by atomic mass is 16.4. The van der Waals surface area contributed by atoms with E-state index in [1.54, 1.807) is 11.0 Å². The van der Waals surface area contributed by atoms with Crippen molar-refractivity contribution in [2.24, 2.45) is 5.41 Å². The molecule has 110 valence electrons. The second-order valence-electron chi connectivity index (χ2n) is 5.12. The zero-order chi connectivity index (χ0) is 15.5. The molecule has 0 aliphatic rings. The largest absolute Gasteiger partial charge is 0.480 e. The summed E-state index contributed by atoms with van der Waals surface area (Å²) in [6.07, 6.45) is 3.04. The number of amides is 1. The van der Waals surface area contributed by atoms with Gasteiger partial charge in [0.1, 0.15) is 18.1 Å². The molecule has 0 atom stereocenters. The molecule has 1 aromatic carbocycles. The molecule has 0 fully saturated rings. The quantitative estimate of drug-likeness (QED) is 0.800. The molecule has 1 amide bonds. The second-order valence-corrected chi connectivity index (χ2v) is 5.12. The zero-order valence-corrected chi connectivity index (χ0v) is 11.8. The summed E-state index contributed by atoms with van der Waals surface area (Å²) < 4.78 is 1.62. The predicted octanol–water partition coefficient (Wildman–Crippen LogP) is 0.994. The van der Waals surface area contributed by atoms with Crippen molar-refractivity contribution in [3.63, 3.8) is 0 Å². The summed E-state index contributed by atoms with van der Waals surface area (Å²) >= 11 is 0. The molecule has 0 radical (unpaired) electrons. The Kier molecular flexibility index (Phi) is 4.02. The van der Waals surface area contributed by atoms with Gasteiger partial charge in [0, 0.05) is 6.54 Å². The highest BCUT2D eigenvalue weighted by molar-refractivity contribution is 6.00. The van der Waals surface area contributed by atoms with Crippen molar-refractivity contribution >= 4 is 11.9 Å². The van der Waals surface area contributed by atoms with Gasteiger partial charge in [-0.05, 0) is 31.5 Å². The Hall–Kier alpha value is -2.70. The molecule has 0 unspecified atom stereocenters. The van der Waals surface area contributed by atoms with Crippen LogP contribution >= 0.6 is 0 Å². The van der Waals surface area contributed by atoms with Gasteiger partial charge in [-0.1, -0.05) is 12.1 Å². The van der Waals surface area contributed by atoms with Crippen LogP contribution in [0.25, 0.3) is 5.69 Å². The number of aliphatic carboxylic acids is 1. The molecular formula is C14H16N4O3. The number of carbonyl (C=O) groups is 2. The molecule has 0 saturated heterocycles. The minimum atomic E-state index is -1.44. The topological polar surface area (TPSA) is 97.1 Å². The fourth-order valence-corrected chi connectivity index (χ4v) is 1.61. The lowest BCUT2D eigenvalue weighted by molar-refractivity contribution is -0.153. The number of benzene rings is 1. The summed E-state index contributed by atoms with van der Waals surface area (Å²) in [4.78, 5) is 26.7. The molecule has 7 nitrogen and oxygen atoms in total. The number of hydrogen-bond donors (Lipinski definition) is 2. The van der Waals surface area contributed by atoms with Crippen molar-refractivity contribution < 1.29 is 14.7 Å². The van der Waals surface area contributed by atoms with E-state index in [-0.39, 0.29) is 6.54 Å². The van der Waals surface area contributed by atoms with E-state index in [0.29, 0.717) is 0 Å². The maximum absolute atomic E-state index is 11.8. The van der Waals surface area contributed by atoms with Crippen molar-refractivity contribution in [2.45, 2.75) is 20.4 Å². The van der Waals surface area contributed by atoms with Crippen LogP contribution in [0.15, 0.2) is 36.9 Å². The number of carboxylic acid groups (broad SMARTS) is 1. The van der Waals surface area contributed by atoms with E-state index in [9.17, 15) is 9.59 Å². The molecule has 1 aromatic heterocycles. The molecule has 2 aromatic rings. The van der Waals surface area contributed by atoms with Crippen LogP contribution in [0.5, 0.6) is 0 Å². The highest BCUT2D eigenvalue weighted by Gasteiger charge is 2.35. The standard InChI is InChI=1S/C14H16N4O3/c1-14(2,13(20)21)12(19)16-7-10-3-5-11(6-4-10)18-9-15-8-17-18/h3-6,8-9H,7H2,1-2H3,(H,16,19)(H,20,21). The molecular weight excluding hydrogens is 272 g/mol. The average molecular weight is 288 g/mol. The van der Waals surface area contributed by atoms with Crippen molar-refractivity contribution in [3.8, 4) is 5.69 Å². The van der Waals surface area contributed by atoms with Gasteiger partial charge in [0.15, 0.2) is 0 Å². The average Bonchev–Trinajstić information content (AvgIpc) is 2.99. The van der Waals surface area contributed by atoms with E-state index in [0.717, 1.165) is 11.3 Å². The summed E-state index contributed by atoms with van der Waals surface area (Å²) in [5.74, 6) is -1.67. The smallest absolute Gasteiger partial charge is 0.318 e. The molecule has 7 heteroatoms. The maximum atomic E-state index is 11.8. The second kappa shape index (κ2) is 5.74. The van der Waals surface area contributed by atoms with Crippen molar-refractivity contribution in [2.75, 3.05) is 0 Å². The highest BCUT2D eigenvalue weighted by Crippen LogP contribution is 2.15. The van der Waals surface area contributed by atoms with Gasteiger partial charge in [-0.25, -0.2) is 9.67 Å². The monoisotopic (exact) mass is 288 g/mol. The van der Waals surface area contributed by atoms with Crippen LogP contribution in [0.4, 0.5) is 0 Å². The van der Waals surface area contributed by atoms with Gasteiger partial charge in [0.05, 0.1) is 5.69 Å². The molecule has 0 aliphatic heterocycles. The van der Waals surface area contributed by atoms with Gasteiger partial charge in [0.25, 0.3) is 0 Å². The Balaban J connectivity index is 1.98. The van der Waals surface area contributed by atoms with Gasteiger partial charge in [-0.3, -0.25) is 9.59 Å². The summed E-state index contributed by atoms with van der Waals surface area (Å²) in [5.41, 5.74) is 0.280. The third-order valence-corrected chi connectivity index (χ3v) is 3.18. The SMILES string of the molecule is CC(C)(C(=O)O)C(=O)NCc1ccc(-n2cncn2)cc1. The molecule has 1 heterocycles. The van der Waals surface area contributed by atoms with Crippen LogP contribution in [0.1, 0.15) is 19.4 Å². The fraction of sp³-hybridized carbons (Fsp3) is 0.286. The molecule has 2 rings (SSSR count). The number of nitrogens with zero attached hydrogens (tertiary/aromatic N) is 3. The van der Waals surface area contributed by atoms with Crippen molar-refractivity contribution in [1.29, 1.82) is 0 Å². The Morgan fingerprint density at radius 1 is 1.29 bits per heavy atom. The fourth-order valence-electron chi connectivity index (χ4n) is 1.61. The number of hydrogen-bond acceptors (Lipinski definition) is 4. The number of carbonyl (C=O) groups excluding carboxylic acids is 1. The lowest BCUT2D eigenvalue weighted by Gasteiger charge is -2.18. The van der Waals surface area contributed by atoms with Gasteiger partial charge in [0.2, 0.25) is 5.91 Å². The zero-order valence-electron chi connectivity index (χ0n) is 11.8. The third kappa shape index (κ3) is 3.25. The van der Waals surface area contributed by atoms with Crippen LogP contribution < -0.4 is 5.32 Å². The predicted molar refractivity (Wildman–Crippen MR) is 74.6 cm³/mol. The van der Waals surface area contributed by atoms with Crippen LogP contribution in [-0.4, -0.2) is 31.7 Å². The van der Waals surface area contributed by atoms with E-state index < -0.39 is 17.3 Å². The first-order valence-corrected chi connectivity index (χ1v) is 6.37. The minimum Gasteiger partial charge on any atom is -0.480 e. The van der Waals surface area contributed by atoms with Crippen LogP contribution in [0.3, 0.4) is 0 Å². The van der Waals surface area contributed by atoms with Crippen LogP contribution in [0, 0.1) is 5.41 Å². The summed E-state index contributed by atoms with van der Waals surface area (Å²) in [6.45, 7) is 3.02. The van der Waals surface area contributed by atoms with E-state index in [4.69, 9.17) is 5.11 Å². The van der Waals surface area contributed by atoms with Crippen LogP contribution in [-0.2, 0) is 16.1 Å².